The number of nitrogens with zero attached hydrogens (tertiary/aromatic N) is 2. The van der Waals surface area contributed by atoms with E-state index in [2.05, 4.69) is 10.6 Å². The summed E-state index contributed by atoms with van der Waals surface area (Å²) < 4.78 is 13.0. The number of hydrogen-bond donors (Lipinski definition) is 1. The van der Waals surface area contributed by atoms with Gasteiger partial charge in [-0.2, -0.15) is 0 Å². The molecule has 144 valence electrons. The molecule has 5 nitrogen and oxygen atoms in total. The average Bonchev–Trinajstić information content (AvgIpc) is 2.97. The Balaban J connectivity index is 0.00000210. The van der Waals surface area contributed by atoms with Crippen LogP contribution in [0.3, 0.4) is 0 Å². The summed E-state index contributed by atoms with van der Waals surface area (Å²) in [5, 5.41) is 10.5. The molecule has 1 saturated carbocycles. The number of fused-ring (bicyclic) bond motifs is 1. The number of aliphatic hydroxyl groups excluding tert-OH is 1. The van der Waals surface area contributed by atoms with Gasteiger partial charge in [-0.05, 0) is 49.2 Å². The van der Waals surface area contributed by atoms with Crippen LogP contribution in [0, 0.1) is 0 Å². The molecule has 1 unspecified atom stereocenters. The highest BCUT2D eigenvalue weighted by Crippen LogP contribution is 2.37. The van der Waals surface area contributed by atoms with Crippen molar-refractivity contribution in [3.8, 4) is 11.5 Å². The number of hydrogen-bond acceptors (Lipinski definition) is 4. The second kappa shape index (κ2) is 8.63. The van der Waals surface area contributed by atoms with E-state index in [9.17, 15) is 5.11 Å². The van der Waals surface area contributed by atoms with Gasteiger partial charge in [0.1, 0.15) is 30.0 Å². The predicted octanol–water partition coefficient (Wildman–Crippen LogP) is 4.17. The molecule has 3 aromatic rings. The van der Waals surface area contributed by atoms with E-state index in [0.29, 0.717) is 12.5 Å². The van der Waals surface area contributed by atoms with Crippen LogP contribution in [0.5, 0.6) is 11.5 Å². The van der Waals surface area contributed by atoms with Crippen LogP contribution < -0.4 is 9.47 Å². The Labute approximate surface area is 165 Å². The van der Waals surface area contributed by atoms with Crippen LogP contribution >= 0.6 is 12.4 Å². The van der Waals surface area contributed by atoms with Crippen molar-refractivity contribution in [2.45, 2.75) is 37.8 Å². The lowest BCUT2D eigenvalue weighted by atomic mass is 9.85. The van der Waals surface area contributed by atoms with E-state index in [0.717, 1.165) is 28.4 Å². The van der Waals surface area contributed by atoms with Crippen LogP contribution in [-0.4, -0.2) is 34.5 Å². The number of aromatic nitrogens is 2. The number of ether oxygens (including phenoxy) is 2. The first-order chi connectivity index (χ1) is 12.7. The molecule has 1 heterocycles. The fourth-order valence-electron chi connectivity index (χ4n) is 3.39. The monoisotopic (exact) mass is 388 g/mol. The van der Waals surface area contributed by atoms with Crippen LogP contribution in [0.2, 0.25) is 0 Å². The molecule has 1 aromatic heterocycles. The van der Waals surface area contributed by atoms with Crippen molar-refractivity contribution in [1.29, 1.82) is 0 Å². The molecule has 4 rings (SSSR count). The normalized spacial score (nSPS) is 15.0. The number of para-hydroxylation sites is 2. The lowest BCUT2D eigenvalue weighted by molar-refractivity contribution is 0.0919. The first kappa shape index (κ1) is 19.5. The Bertz CT molecular complexity index is 875. The quantitative estimate of drug-likeness (QED) is 0.659. The molecule has 1 fully saturated rings. The minimum absolute atomic E-state index is 0. The van der Waals surface area contributed by atoms with Gasteiger partial charge in [0.2, 0.25) is 0 Å². The molecule has 0 aliphatic heterocycles. The van der Waals surface area contributed by atoms with Crippen LogP contribution in [0.4, 0.5) is 0 Å². The topological polar surface area (TPSA) is 56.5 Å². The summed E-state index contributed by atoms with van der Waals surface area (Å²) in [7, 11) is 1.63. The fourth-order valence-corrected chi connectivity index (χ4v) is 3.39. The maximum absolute atomic E-state index is 10.5. The van der Waals surface area contributed by atoms with Gasteiger partial charge in [0.25, 0.3) is 0 Å². The molecule has 0 amide bonds. The van der Waals surface area contributed by atoms with E-state index >= 15 is 0 Å². The Morgan fingerprint density at radius 1 is 1.11 bits per heavy atom. The van der Waals surface area contributed by atoms with Gasteiger partial charge in [-0.3, -0.25) is 0 Å². The zero-order valence-corrected chi connectivity index (χ0v) is 16.2. The van der Waals surface area contributed by atoms with Gasteiger partial charge < -0.3 is 19.1 Å². The Kier molecular flexibility index (Phi) is 6.24. The van der Waals surface area contributed by atoms with E-state index in [1.807, 2.05) is 42.5 Å². The van der Waals surface area contributed by atoms with Crippen LogP contribution in [-0.2, 0) is 6.54 Å². The SMILES string of the molecule is COc1ccc(OCC(O)Cn2c(C3CCC3)nc3ccccc32)cc1.Cl. The van der Waals surface area contributed by atoms with Crippen LogP contribution in [0.1, 0.15) is 31.0 Å². The van der Waals surface area contributed by atoms with E-state index < -0.39 is 6.10 Å². The molecule has 1 aliphatic rings. The summed E-state index contributed by atoms with van der Waals surface area (Å²) in [5.74, 6) is 3.12. The van der Waals surface area contributed by atoms with Crippen molar-refractivity contribution >= 4 is 23.4 Å². The van der Waals surface area contributed by atoms with Crippen molar-refractivity contribution < 1.29 is 14.6 Å². The molecule has 6 heteroatoms. The van der Waals surface area contributed by atoms with E-state index in [1.165, 1.54) is 19.3 Å². The van der Waals surface area contributed by atoms with Crippen molar-refractivity contribution in [1.82, 2.24) is 9.55 Å². The predicted molar refractivity (Wildman–Crippen MR) is 108 cm³/mol. The zero-order valence-electron chi connectivity index (χ0n) is 15.4. The minimum atomic E-state index is -0.603. The largest absolute Gasteiger partial charge is 0.497 e. The fraction of sp³-hybridized carbons (Fsp3) is 0.381. The first-order valence-corrected chi connectivity index (χ1v) is 9.14. The molecule has 1 aliphatic carbocycles. The highest BCUT2D eigenvalue weighted by molar-refractivity contribution is 5.85. The van der Waals surface area contributed by atoms with Gasteiger partial charge in [-0.1, -0.05) is 18.6 Å². The van der Waals surface area contributed by atoms with E-state index in [-0.39, 0.29) is 19.0 Å². The number of rotatable bonds is 7. The van der Waals surface area contributed by atoms with Crippen LogP contribution in [0.25, 0.3) is 11.0 Å². The lowest BCUT2D eigenvalue weighted by Crippen LogP contribution is -2.26. The second-order valence-electron chi connectivity index (χ2n) is 6.84. The summed E-state index contributed by atoms with van der Waals surface area (Å²) in [4.78, 5) is 4.82. The zero-order chi connectivity index (χ0) is 17.9. The molecular weight excluding hydrogens is 364 g/mol. The standard InChI is InChI=1S/C21H24N2O3.ClH/c1-25-17-9-11-18(12-10-17)26-14-16(24)13-23-20-8-3-2-7-19(20)22-21(23)15-5-4-6-15;/h2-3,7-12,15-16,24H,4-6,13-14H2,1H3;1H. The van der Waals surface area contributed by atoms with E-state index in [1.54, 1.807) is 7.11 Å². The Morgan fingerprint density at radius 2 is 1.81 bits per heavy atom. The van der Waals surface area contributed by atoms with Crippen LogP contribution in [0.15, 0.2) is 48.5 Å². The third-order valence-electron chi connectivity index (χ3n) is 5.05. The molecule has 0 radical (unpaired) electrons. The molecule has 27 heavy (non-hydrogen) atoms. The molecule has 1 atom stereocenters. The number of benzene rings is 2. The van der Waals surface area contributed by atoms with Gasteiger partial charge in [0.05, 0.1) is 24.7 Å². The van der Waals surface area contributed by atoms with Gasteiger partial charge in [0, 0.05) is 5.92 Å². The highest BCUT2D eigenvalue weighted by Gasteiger charge is 2.26. The molecule has 0 spiro atoms. The average molecular weight is 389 g/mol. The smallest absolute Gasteiger partial charge is 0.119 e. The Morgan fingerprint density at radius 3 is 2.48 bits per heavy atom. The number of methoxy groups -OCH3 is 1. The third-order valence-corrected chi connectivity index (χ3v) is 5.05. The van der Waals surface area contributed by atoms with E-state index in [4.69, 9.17) is 14.5 Å². The lowest BCUT2D eigenvalue weighted by Gasteiger charge is -2.26. The first-order valence-electron chi connectivity index (χ1n) is 9.14. The Hall–Kier alpha value is -2.24. The highest BCUT2D eigenvalue weighted by atomic mass is 35.5. The summed E-state index contributed by atoms with van der Waals surface area (Å²) in [6.07, 6.45) is 3.02. The maximum Gasteiger partial charge on any atom is 0.119 e. The van der Waals surface area contributed by atoms with Crippen molar-refractivity contribution in [3.63, 3.8) is 0 Å². The molecular formula is C21H25ClN2O3. The molecule has 0 saturated heterocycles. The molecule has 0 bridgehead atoms. The van der Waals surface area contributed by atoms with Crippen molar-refractivity contribution in [2.24, 2.45) is 0 Å². The summed E-state index contributed by atoms with van der Waals surface area (Å²) in [5.41, 5.74) is 2.08. The van der Waals surface area contributed by atoms with Crippen molar-refractivity contribution in [2.75, 3.05) is 13.7 Å². The van der Waals surface area contributed by atoms with Gasteiger partial charge in [-0.15, -0.1) is 12.4 Å². The maximum atomic E-state index is 10.5. The summed E-state index contributed by atoms with van der Waals surface area (Å²) >= 11 is 0. The number of halogens is 1. The minimum Gasteiger partial charge on any atom is -0.497 e. The van der Waals surface area contributed by atoms with Crippen molar-refractivity contribution in [3.05, 3.63) is 54.4 Å². The summed E-state index contributed by atoms with van der Waals surface area (Å²) in [6.45, 7) is 0.728. The third kappa shape index (κ3) is 4.20. The number of aliphatic hydroxyl groups is 1. The van der Waals surface area contributed by atoms with Gasteiger partial charge in [-0.25, -0.2) is 4.98 Å². The van der Waals surface area contributed by atoms with Gasteiger partial charge in [0.15, 0.2) is 0 Å². The molecule has 1 N–H and O–H groups in total. The molecule has 2 aromatic carbocycles. The second-order valence-corrected chi connectivity index (χ2v) is 6.84. The number of imidazole rings is 1. The van der Waals surface area contributed by atoms with Gasteiger partial charge >= 0.3 is 0 Å². The summed E-state index contributed by atoms with van der Waals surface area (Å²) in [6, 6.07) is 15.5.